The Balaban J connectivity index is 1.53. The average Bonchev–Trinajstić information content (AvgIpc) is 3.04. The van der Waals surface area contributed by atoms with E-state index in [2.05, 4.69) is 0 Å². The van der Waals surface area contributed by atoms with Crippen molar-refractivity contribution in [3.63, 3.8) is 0 Å². The van der Waals surface area contributed by atoms with Gasteiger partial charge in [-0.25, -0.2) is 4.39 Å². The molecular formula is C24H16Cl2FNO3S. The highest BCUT2D eigenvalue weighted by Crippen LogP contribution is 2.36. The Morgan fingerprint density at radius 1 is 0.969 bits per heavy atom. The summed E-state index contributed by atoms with van der Waals surface area (Å²) in [4.78, 5) is 26.5. The Kier molecular flexibility index (Phi) is 6.84. The number of amides is 2. The summed E-state index contributed by atoms with van der Waals surface area (Å²) < 4.78 is 20.0. The van der Waals surface area contributed by atoms with Gasteiger partial charge < -0.3 is 4.74 Å². The number of hydrogen-bond acceptors (Lipinski definition) is 4. The van der Waals surface area contributed by atoms with E-state index in [1.165, 1.54) is 18.2 Å². The predicted molar refractivity (Wildman–Crippen MR) is 125 cm³/mol. The van der Waals surface area contributed by atoms with Crippen molar-refractivity contribution in [2.45, 2.75) is 13.2 Å². The summed E-state index contributed by atoms with van der Waals surface area (Å²) in [6.07, 6.45) is 1.60. The molecule has 1 heterocycles. The Morgan fingerprint density at radius 2 is 1.72 bits per heavy atom. The molecule has 162 valence electrons. The molecule has 1 aliphatic rings. The fraction of sp³-hybridized carbons (Fsp3) is 0.0833. The van der Waals surface area contributed by atoms with Gasteiger partial charge in [0.25, 0.3) is 11.1 Å². The molecule has 2 amide bonds. The van der Waals surface area contributed by atoms with Gasteiger partial charge in [0.2, 0.25) is 0 Å². The van der Waals surface area contributed by atoms with Gasteiger partial charge in [-0.05, 0) is 53.7 Å². The van der Waals surface area contributed by atoms with E-state index in [0.29, 0.717) is 22.9 Å². The molecule has 0 aromatic heterocycles. The molecular weight excluding hydrogens is 472 g/mol. The van der Waals surface area contributed by atoms with E-state index in [1.807, 2.05) is 24.3 Å². The van der Waals surface area contributed by atoms with Crippen LogP contribution in [0.4, 0.5) is 9.18 Å². The molecule has 0 bridgehead atoms. The Labute approximate surface area is 198 Å². The molecule has 8 heteroatoms. The first-order valence-electron chi connectivity index (χ1n) is 9.57. The van der Waals surface area contributed by atoms with Crippen molar-refractivity contribution < 1.29 is 18.7 Å². The number of halogens is 3. The lowest BCUT2D eigenvalue weighted by Gasteiger charge is -2.14. The zero-order chi connectivity index (χ0) is 22.7. The third kappa shape index (κ3) is 4.99. The molecule has 0 unspecified atom stereocenters. The van der Waals surface area contributed by atoms with Crippen molar-refractivity contribution in [1.29, 1.82) is 0 Å². The van der Waals surface area contributed by atoms with Gasteiger partial charge in [-0.2, -0.15) is 0 Å². The normalized spacial score (nSPS) is 15.0. The molecule has 3 aromatic rings. The van der Waals surface area contributed by atoms with Crippen molar-refractivity contribution in [2.24, 2.45) is 0 Å². The van der Waals surface area contributed by atoms with Crippen molar-refractivity contribution >= 4 is 52.2 Å². The molecule has 0 spiro atoms. The summed E-state index contributed by atoms with van der Waals surface area (Å²) in [5.74, 6) is -0.514. The Morgan fingerprint density at radius 3 is 2.47 bits per heavy atom. The summed E-state index contributed by atoms with van der Waals surface area (Å²) >= 11 is 12.8. The van der Waals surface area contributed by atoms with Gasteiger partial charge in [0.1, 0.15) is 18.2 Å². The van der Waals surface area contributed by atoms with E-state index >= 15 is 0 Å². The van der Waals surface area contributed by atoms with Crippen LogP contribution in [0.25, 0.3) is 6.08 Å². The van der Waals surface area contributed by atoms with Crippen LogP contribution < -0.4 is 4.74 Å². The summed E-state index contributed by atoms with van der Waals surface area (Å²) in [5, 5.41) is 0.315. The lowest BCUT2D eigenvalue weighted by Crippen LogP contribution is -2.28. The molecule has 0 saturated carbocycles. The van der Waals surface area contributed by atoms with E-state index in [0.717, 1.165) is 22.2 Å². The number of rotatable bonds is 6. The highest BCUT2D eigenvalue weighted by molar-refractivity contribution is 8.18. The molecule has 4 rings (SSSR count). The van der Waals surface area contributed by atoms with E-state index in [-0.39, 0.29) is 22.0 Å². The topological polar surface area (TPSA) is 46.6 Å². The molecule has 0 aliphatic carbocycles. The van der Waals surface area contributed by atoms with Crippen LogP contribution in [0.3, 0.4) is 0 Å². The maximum atomic E-state index is 14.1. The van der Waals surface area contributed by atoms with Crippen LogP contribution in [0.2, 0.25) is 10.0 Å². The van der Waals surface area contributed by atoms with Gasteiger partial charge in [0.15, 0.2) is 0 Å². The summed E-state index contributed by atoms with van der Waals surface area (Å²) in [5.41, 5.74) is 1.69. The standard InChI is InChI=1S/C24H16Cl2FNO3S/c25-17-10-8-15(9-11-17)14-31-21-7-2-1-4-16(21)12-22-23(29)28(24(30)32-22)13-18-19(26)5-3-6-20(18)27/h1-12H,13-14H2/b22-12+. The fourth-order valence-electron chi connectivity index (χ4n) is 3.09. The van der Waals surface area contributed by atoms with Crippen molar-refractivity contribution in [1.82, 2.24) is 4.90 Å². The smallest absolute Gasteiger partial charge is 0.293 e. The molecule has 1 fully saturated rings. The maximum absolute atomic E-state index is 14.1. The van der Waals surface area contributed by atoms with E-state index in [1.54, 1.807) is 30.3 Å². The van der Waals surface area contributed by atoms with Gasteiger partial charge in [-0.15, -0.1) is 0 Å². The number of imide groups is 1. The van der Waals surface area contributed by atoms with Crippen LogP contribution in [0.15, 0.2) is 71.6 Å². The summed E-state index contributed by atoms with van der Waals surface area (Å²) in [6.45, 7) is 0.0809. The molecule has 0 N–H and O–H groups in total. The highest BCUT2D eigenvalue weighted by Gasteiger charge is 2.36. The second-order valence-corrected chi connectivity index (χ2v) is 8.76. The Hall–Kier alpha value is -2.80. The zero-order valence-electron chi connectivity index (χ0n) is 16.6. The van der Waals surface area contributed by atoms with Crippen LogP contribution in [0.5, 0.6) is 5.75 Å². The molecule has 1 aliphatic heterocycles. The van der Waals surface area contributed by atoms with Gasteiger partial charge in [-0.3, -0.25) is 14.5 Å². The number of para-hydroxylation sites is 1. The van der Waals surface area contributed by atoms with Crippen LogP contribution in [0, 0.1) is 5.82 Å². The van der Waals surface area contributed by atoms with E-state index in [4.69, 9.17) is 27.9 Å². The largest absolute Gasteiger partial charge is 0.488 e. The van der Waals surface area contributed by atoms with E-state index < -0.39 is 17.0 Å². The molecule has 0 radical (unpaired) electrons. The lowest BCUT2D eigenvalue weighted by atomic mass is 10.1. The van der Waals surface area contributed by atoms with Crippen LogP contribution in [-0.2, 0) is 17.9 Å². The number of ether oxygens (including phenoxy) is 1. The first kappa shape index (κ1) is 22.4. The monoisotopic (exact) mass is 487 g/mol. The predicted octanol–water partition coefficient (Wildman–Crippen LogP) is 6.95. The van der Waals surface area contributed by atoms with Gasteiger partial charge in [0, 0.05) is 21.2 Å². The number of carbonyl (C=O) groups excluding carboxylic acids is 2. The molecule has 1 saturated heterocycles. The molecule has 0 atom stereocenters. The van der Waals surface area contributed by atoms with Gasteiger partial charge in [-0.1, -0.05) is 59.6 Å². The quantitative estimate of drug-likeness (QED) is 0.353. The second-order valence-electron chi connectivity index (χ2n) is 6.92. The summed E-state index contributed by atoms with van der Waals surface area (Å²) in [7, 11) is 0. The number of nitrogens with zero attached hydrogens (tertiary/aromatic N) is 1. The van der Waals surface area contributed by atoms with Crippen LogP contribution >= 0.6 is 35.0 Å². The fourth-order valence-corrected chi connectivity index (χ4v) is 4.27. The van der Waals surface area contributed by atoms with E-state index in [9.17, 15) is 14.0 Å². The molecule has 32 heavy (non-hydrogen) atoms. The number of hydrogen-bond donors (Lipinski definition) is 0. The Bertz CT molecular complexity index is 1190. The summed E-state index contributed by atoms with van der Waals surface area (Å²) in [6, 6.07) is 18.7. The second kappa shape index (κ2) is 9.77. The lowest BCUT2D eigenvalue weighted by molar-refractivity contribution is -0.123. The number of benzene rings is 3. The third-order valence-electron chi connectivity index (χ3n) is 4.76. The number of carbonyl (C=O) groups is 2. The van der Waals surface area contributed by atoms with Crippen molar-refractivity contribution in [3.8, 4) is 5.75 Å². The first-order valence-corrected chi connectivity index (χ1v) is 11.1. The minimum absolute atomic E-state index is 0.101. The molecule has 4 nitrogen and oxygen atoms in total. The highest BCUT2D eigenvalue weighted by atomic mass is 35.5. The minimum Gasteiger partial charge on any atom is -0.488 e. The maximum Gasteiger partial charge on any atom is 0.293 e. The van der Waals surface area contributed by atoms with Crippen molar-refractivity contribution in [2.75, 3.05) is 0 Å². The first-order chi connectivity index (χ1) is 15.4. The van der Waals surface area contributed by atoms with Gasteiger partial charge in [0.05, 0.1) is 11.4 Å². The van der Waals surface area contributed by atoms with Crippen LogP contribution in [0.1, 0.15) is 16.7 Å². The van der Waals surface area contributed by atoms with Crippen molar-refractivity contribution in [3.05, 3.63) is 104 Å². The zero-order valence-corrected chi connectivity index (χ0v) is 18.9. The van der Waals surface area contributed by atoms with Crippen LogP contribution in [-0.4, -0.2) is 16.0 Å². The number of thioether (sulfide) groups is 1. The minimum atomic E-state index is -0.568. The SMILES string of the molecule is O=C1S/C(=C/c2ccccc2OCc2ccc(Cl)cc2)C(=O)N1Cc1c(F)cccc1Cl. The third-order valence-corrected chi connectivity index (χ3v) is 6.28. The molecule has 3 aromatic carbocycles. The average molecular weight is 488 g/mol. The van der Waals surface area contributed by atoms with Gasteiger partial charge >= 0.3 is 0 Å².